The molecule has 0 aliphatic carbocycles. The van der Waals surface area contributed by atoms with Crippen LogP contribution in [0.3, 0.4) is 0 Å². The molecule has 5 nitrogen and oxygen atoms in total. The van der Waals surface area contributed by atoms with Gasteiger partial charge in [0.1, 0.15) is 6.61 Å². The maximum Gasteiger partial charge on any atom is 0.407 e. The van der Waals surface area contributed by atoms with Crippen molar-refractivity contribution in [3.8, 4) is 0 Å². The molecular weight excluding hydrogens is 294 g/mol. The zero-order valence-electron chi connectivity index (χ0n) is 13.8. The molecule has 0 bridgehead atoms. The lowest BCUT2D eigenvalue weighted by Gasteiger charge is -2.07. The molecule has 0 heterocycles. The molecule has 0 aliphatic heterocycles. The van der Waals surface area contributed by atoms with Crippen LogP contribution in [-0.4, -0.2) is 23.7 Å². The SMILES string of the molecule is CC(CCCCCCCNC(=O)OCc1ccccc1)C(=O)O. The fourth-order valence-corrected chi connectivity index (χ4v) is 2.19. The predicted octanol–water partition coefficient (Wildman–Crippen LogP) is 3.97. The van der Waals surface area contributed by atoms with Gasteiger partial charge in [0.25, 0.3) is 0 Å². The van der Waals surface area contributed by atoms with Gasteiger partial charge in [0.05, 0.1) is 5.92 Å². The van der Waals surface area contributed by atoms with Crippen molar-refractivity contribution in [1.82, 2.24) is 5.32 Å². The number of carbonyl (C=O) groups is 2. The summed E-state index contributed by atoms with van der Waals surface area (Å²) in [7, 11) is 0. The number of rotatable bonds is 11. The standard InChI is InChI=1S/C18H27NO4/c1-15(17(20)21)10-6-3-2-4-9-13-19-18(22)23-14-16-11-7-5-8-12-16/h5,7-8,11-12,15H,2-4,6,9-10,13-14H2,1H3,(H,19,22)(H,20,21). The molecule has 0 saturated heterocycles. The van der Waals surface area contributed by atoms with Gasteiger partial charge in [0.2, 0.25) is 0 Å². The Bertz CT molecular complexity index is 461. The summed E-state index contributed by atoms with van der Waals surface area (Å²) >= 11 is 0. The van der Waals surface area contributed by atoms with Crippen molar-refractivity contribution in [2.24, 2.45) is 5.92 Å². The number of carbonyl (C=O) groups excluding carboxylic acids is 1. The summed E-state index contributed by atoms with van der Waals surface area (Å²) in [6.45, 7) is 2.64. The Labute approximate surface area is 138 Å². The largest absolute Gasteiger partial charge is 0.481 e. The van der Waals surface area contributed by atoms with Crippen LogP contribution in [0.15, 0.2) is 30.3 Å². The average Bonchev–Trinajstić information content (AvgIpc) is 2.56. The highest BCUT2D eigenvalue weighted by atomic mass is 16.5. The second-order valence-electron chi connectivity index (χ2n) is 5.78. The number of aliphatic carboxylic acids is 1. The minimum Gasteiger partial charge on any atom is -0.481 e. The van der Waals surface area contributed by atoms with Crippen LogP contribution in [0, 0.1) is 5.92 Å². The van der Waals surface area contributed by atoms with E-state index in [1.165, 1.54) is 0 Å². The van der Waals surface area contributed by atoms with E-state index < -0.39 is 5.97 Å². The number of benzene rings is 1. The lowest BCUT2D eigenvalue weighted by Crippen LogP contribution is -2.25. The Morgan fingerprint density at radius 2 is 1.74 bits per heavy atom. The van der Waals surface area contributed by atoms with E-state index in [-0.39, 0.29) is 18.6 Å². The second kappa shape index (κ2) is 11.5. The topological polar surface area (TPSA) is 75.6 Å². The number of carboxylic acid groups (broad SMARTS) is 1. The Kier molecular flexibility index (Phi) is 9.52. The summed E-state index contributed by atoms with van der Waals surface area (Å²) in [6, 6.07) is 9.57. The number of ether oxygens (including phenoxy) is 1. The van der Waals surface area contributed by atoms with Gasteiger partial charge in [-0.1, -0.05) is 62.9 Å². The summed E-state index contributed by atoms with van der Waals surface area (Å²) in [5.74, 6) is -0.973. The lowest BCUT2D eigenvalue weighted by molar-refractivity contribution is -0.141. The smallest absolute Gasteiger partial charge is 0.407 e. The van der Waals surface area contributed by atoms with E-state index in [0.717, 1.165) is 44.1 Å². The van der Waals surface area contributed by atoms with E-state index >= 15 is 0 Å². The fourth-order valence-electron chi connectivity index (χ4n) is 2.19. The molecule has 1 amide bonds. The number of unbranched alkanes of at least 4 members (excludes halogenated alkanes) is 4. The number of alkyl carbamates (subject to hydrolysis) is 1. The van der Waals surface area contributed by atoms with Crippen molar-refractivity contribution in [2.45, 2.75) is 52.1 Å². The van der Waals surface area contributed by atoms with Gasteiger partial charge in [-0.25, -0.2) is 4.79 Å². The third-order valence-electron chi connectivity index (χ3n) is 3.72. The molecule has 0 radical (unpaired) electrons. The van der Waals surface area contributed by atoms with Gasteiger partial charge < -0.3 is 15.2 Å². The highest BCUT2D eigenvalue weighted by Gasteiger charge is 2.09. The molecule has 2 N–H and O–H groups in total. The van der Waals surface area contributed by atoms with Crippen molar-refractivity contribution in [3.63, 3.8) is 0 Å². The van der Waals surface area contributed by atoms with E-state index in [4.69, 9.17) is 9.84 Å². The van der Waals surface area contributed by atoms with E-state index in [9.17, 15) is 9.59 Å². The first kappa shape index (κ1) is 19.0. The van der Waals surface area contributed by atoms with E-state index in [1.807, 2.05) is 30.3 Å². The molecule has 1 unspecified atom stereocenters. The number of hydrogen-bond donors (Lipinski definition) is 2. The highest BCUT2D eigenvalue weighted by Crippen LogP contribution is 2.11. The molecule has 5 heteroatoms. The Morgan fingerprint density at radius 1 is 1.09 bits per heavy atom. The number of hydrogen-bond acceptors (Lipinski definition) is 3. The number of amides is 1. The number of nitrogens with one attached hydrogen (secondary N) is 1. The lowest BCUT2D eigenvalue weighted by atomic mass is 10.0. The molecule has 1 rings (SSSR count). The molecule has 0 aromatic heterocycles. The fraction of sp³-hybridized carbons (Fsp3) is 0.556. The third-order valence-corrected chi connectivity index (χ3v) is 3.72. The van der Waals surface area contributed by atoms with Crippen LogP contribution in [-0.2, 0) is 16.1 Å². The van der Waals surface area contributed by atoms with Gasteiger partial charge in [0.15, 0.2) is 0 Å². The van der Waals surface area contributed by atoms with Crippen molar-refractivity contribution in [1.29, 1.82) is 0 Å². The van der Waals surface area contributed by atoms with Gasteiger partial charge in [-0.2, -0.15) is 0 Å². The quantitative estimate of drug-likeness (QED) is 0.605. The van der Waals surface area contributed by atoms with Crippen LogP contribution < -0.4 is 5.32 Å². The van der Waals surface area contributed by atoms with Crippen molar-refractivity contribution in [3.05, 3.63) is 35.9 Å². The number of carboxylic acids is 1. The first-order chi connectivity index (χ1) is 11.1. The maximum atomic E-state index is 11.5. The Morgan fingerprint density at radius 3 is 2.43 bits per heavy atom. The van der Waals surface area contributed by atoms with Crippen LogP contribution in [0.25, 0.3) is 0 Å². The van der Waals surface area contributed by atoms with Gasteiger partial charge in [-0.3, -0.25) is 4.79 Å². The van der Waals surface area contributed by atoms with Crippen LogP contribution in [0.4, 0.5) is 4.79 Å². The maximum absolute atomic E-state index is 11.5. The molecule has 23 heavy (non-hydrogen) atoms. The second-order valence-corrected chi connectivity index (χ2v) is 5.78. The van der Waals surface area contributed by atoms with E-state index in [0.29, 0.717) is 6.54 Å². The van der Waals surface area contributed by atoms with Crippen LogP contribution in [0.5, 0.6) is 0 Å². The zero-order valence-corrected chi connectivity index (χ0v) is 13.8. The summed E-state index contributed by atoms with van der Waals surface area (Å²) in [4.78, 5) is 22.2. The Hall–Kier alpha value is -2.04. The van der Waals surface area contributed by atoms with Crippen molar-refractivity contribution >= 4 is 12.1 Å². The van der Waals surface area contributed by atoms with E-state index in [1.54, 1.807) is 6.92 Å². The molecule has 0 spiro atoms. The molecule has 0 aliphatic rings. The monoisotopic (exact) mass is 321 g/mol. The van der Waals surface area contributed by atoms with Gasteiger partial charge in [0, 0.05) is 6.54 Å². The third kappa shape index (κ3) is 9.55. The average molecular weight is 321 g/mol. The summed E-state index contributed by atoms with van der Waals surface area (Å²) in [5.41, 5.74) is 0.971. The van der Waals surface area contributed by atoms with Crippen molar-refractivity contribution in [2.75, 3.05) is 6.54 Å². The molecule has 1 aromatic carbocycles. The Balaban J connectivity index is 1.92. The first-order valence-electron chi connectivity index (χ1n) is 8.27. The zero-order chi connectivity index (χ0) is 16.9. The van der Waals surface area contributed by atoms with Gasteiger partial charge in [-0.15, -0.1) is 0 Å². The molecule has 1 atom stereocenters. The van der Waals surface area contributed by atoms with Gasteiger partial charge in [-0.05, 0) is 18.4 Å². The molecule has 128 valence electrons. The molecular formula is C18H27NO4. The predicted molar refractivity (Wildman–Crippen MR) is 89.1 cm³/mol. The van der Waals surface area contributed by atoms with E-state index in [2.05, 4.69) is 5.32 Å². The molecule has 1 aromatic rings. The summed E-state index contributed by atoms with van der Waals surface area (Å²) in [5, 5.41) is 11.5. The minimum absolute atomic E-state index is 0.254. The van der Waals surface area contributed by atoms with Gasteiger partial charge >= 0.3 is 12.1 Å². The highest BCUT2D eigenvalue weighted by molar-refractivity contribution is 5.69. The summed E-state index contributed by atoms with van der Waals surface area (Å²) < 4.78 is 5.12. The first-order valence-corrected chi connectivity index (χ1v) is 8.27. The van der Waals surface area contributed by atoms with Crippen molar-refractivity contribution < 1.29 is 19.4 Å². The molecule has 0 fully saturated rings. The summed E-state index contributed by atoms with van der Waals surface area (Å²) in [6.07, 6.45) is 5.34. The van der Waals surface area contributed by atoms with Crippen LogP contribution in [0.1, 0.15) is 51.0 Å². The molecule has 0 saturated carbocycles. The normalized spacial score (nSPS) is 11.7. The van der Waals surface area contributed by atoms with Crippen LogP contribution in [0.2, 0.25) is 0 Å². The van der Waals surface area contributed by atoms with Crippen LogP contribution >= 0.6 is 0 Å². The minimum atomic E-state index is -0.719.